The summed E-state index contributed by atoms with van der Waals surface area (Å²) in [4.78, 5) is 11.8. The van der Waals surface area contributed by atoms with Gasteiger partial charge in [-0.25, -0.2) is 0 Å². The van der Waals surface area contributed by atoms with Crippen LogP contribution in [0.4, 0.5) is 11.9 Å². The van der Waals surface area contributed by atoms with Crippen molar-refractivity contribution in [3.8, 4) is 6.01 Å². The third kappa shape index (κ3) is 3.43. The van der Waals surface area contributed by atoms with Gasteiger partial charge in [0.05, 0.1) is 13.7 Å². The van der Waals surface area contributed by atoms with Gasteiger partial charge in [0.2, 0.25) is 11.9 Å². The van der Waals surface area contributed by atoms with Crippen LogP contribution in [0.5, 0.6) is 6.01 Å². The molecular formula is C11H21N5O2. The largest absolute Gasteiger partial charge is 0.467 e. The number of nitrogens with one attached hydrogen (secondary N) is 1. The van der Waals surface area contributed by atoms with Crippen LogP contribution in [0.2, 0.25) is 0 Å². The third-order valence-corrected chi connectivity index (χ3v) is 3.27. The molecule has 7 nitrogen and oxygen atoms in total. The van der Waals surface area contributed by atoms with Crippen LogP contribution in [0.3, 0.4) is 0 Å². The quantitative estimate of drug-likeness (QED) is 0.657. The van der Waals surface area contributed by atoms with Crippen LogP contribution >= 0.6 is 0 Å². The Labute approximate surface area is 107 Å². The SMILES string of the molecule is CCC(CC)(CO)CNc1nc(N)nc(OC)n1. The fraction of sp³-hybridized carbons (Fsp3) is 0.727. The van der Waals surface area contributed by atoms with Crippen LogP contribution in [0.25, 0.3) is 0 Å². The molecule has 1 heterocycles. The fourth-order valence-electron chi connectivity index (χ4n) is 1.59. The first-order valence-electron chi connectivity index (χ1n) is 5.99. The van der Waals surface area contributed by atoms with Crippen molar-refractivity contribution in [3.05, 3.63) is 0 Å². The molecular weight excluding hydrogens is 234 g/mol. The number of ether oxygens (including phenoxy) is 1. The maximum Gasteiger partial charge on any atom is 0.322 e. The van der Waals surface area contributed by atoms with Crippen molar-refractivity contribution < 1.29 is 9.84 Å². The summed E-state index contributed by atoms with van der Waals surface area (Å²) in [6, 6.07) is 0.174. The van der Waals surface area contributed by atoms with E-state index in [1.165, 1.54) is 7.11 Å². The van der Waals surface area contributed by atoms with E-state index in [0.717, 1.165) is 12.8 Å². The Hall–Kier alpha value is -1.63. The summed E-state index contributed by atoms with van der Waals surface area (Å²) in [5, 5.41) is 12.5. The number of rotatable bonds is 7. The maximum atomic E-state index is 9.47. The minimum Gasteiger partial charge on any atom is -0.467 e. The van der Waals surface area contributed by atoms with E-state index >= 15 is 0 Å². The van der Waals surface area contributed by atoms with Gasteiger partial charge in [-0.15, -0.1) is 0 Å². The zero-order chi connectivity index (χ0) is 13.6. The van der Waals surface area contributed by atoms with Crippen LogP contribution in [0.15, 0.2) is 0 Å². The molecule has 7 heteroatoms. The van der Waals surface area contributed by atoms with E-state index in [9.17, 15) is 5.11 Å². The monoisotopic (exact) mass is 255 g/mol. The van der Waals surface area contributed by atoms with Crippen LogP contribution in [0.1, 0.15) is 26.7 Å². The highest BCUT2D eigenvalue weighted by Gasteiger charge is 2.25. The Bertz CT molecular complexity index is 373. The molecule has 0 radical (unpaired) electrons. The highest BCUT2D eigenvalue weighted by molar-refractivity contribution is 5.32. The van der Waals surface area contributed by atoms with Crippen LogP contribution in [-0.4, -0.2) is 40.3 Å². The van der Waals surface area contributed by atoms with Gasteiger partial charge < -0.3 is 20.9 Å². The minimum atomic E-state index is -0.172. The highest BCUT2D eigenvalue weighted by atomic mass is 16.5. The molecule has 0 saturated heterocycles. The Kier molecular flexibility index (Phi) is 5.08. The van der Waals surface area contributed by atoms with Gasteiger partial charge in [0.1, 0.15) is 0 Å². The molecule has 0 bridgehead atoms. The predicted molar refractivity (Wildman–Crippen MR) is 69.4 cm³/mol. The number of aliphatic hydroxyl groups excluding tert-OH is 1. The fourth-order valence-corrected chi connectivity index (χ4v) is 1.59. The molecule has 18 heavy (non-hydrogen) atoms. The number of aromatic nitrogens is 3. The Morgan fingerprint density at radius 3 is 2.44 bits per heavy atom. The van der Waals surface area contributed by atoms with Crippen molar-refractivity contribution >= 4 is 11.9 Å². The smallest absolute Gasteiger partial charge is 0.322 e. The molecule has 0 unspecified atom stereocenters. The molecule has 0 aromatic carbocycles. The lowest BCUT2D eigenvalue weighted by Gasteiger charge is -2.29. The molecule has 0 fully saturated rings. The number of aliphatic hydroxyl groups is 1. The lowest BCUT2D eigenvalue weighted by atomic mass is 9.83. The van der Waals surface area contributed by atoms with Crippen molar-refractivity contribution in [2.45, 2.75) is 26.7 Å². The van der Waals surface area contributed by atoms with Crippen LogP contribution in [-0.2, 0) is 0 Å². The molecule has 1 aromatic heterocycles. The van der Waals surface area contributed by atoms with Crippen LogP contribution < -0.4 is 15.8 Å². The van der Waals surface area contributed by atoms with E-state index in [0.29, 0.717) is 12.5 Å². The summed E-state index contributed by atoms with van der Waals surface area (Å²) in [5.74, 6) is 0.464. The Morgan fingerprint density at radius 1 is 1.28 bits per heavy atom. The van der Waals surface area contributed by atoms with E-state index in [4.69, 9.17) is 10.5 Å². The van der Waals surface area contributed by atoms with Gasteiger partial charge in [-0.2, -0.15) is 15.0 Å². The number of methoxy groups -OCH3 is 1. The molecule has 1 rings (SSSR count). The minimum absolute atomic E-state index is 0.104. The second-order valence-corrected chi connectivity index (χ2v) is 4.22. The summed E-state index contributed by atoms with van der Waals surface area (Å²) in [7, 11) is 1.47. The molecule has 0 aliphatic rings. The van der Waals surface area contributed by atoms with Gasteiger partial charge in [-0.05, 0) is 12.8 Å². The molecule has 0 aliphatic heterocycles. The van der Waals surface area contributed by atoms with Crippen LogP contribution in [0, 0.1) is 5.41 Å². The maximum absolute atomic E-state index is 9.47. The summed E-state index contributed by atoms with van der Waals surface area (Å²) in [5.41, 5.74) is 5.37. The number of nitrogens with two attached hydrogens (primary N) is 1. The summed E-state index contributed by atoms with van der Waals surface area (Å²) in [6.45, 7) is 4.78. The van der Waals surface area contributed by atoms with Crippen molar-refractivity contribution in [2.24, 2.45) is 5.41 Å². The predicted octanol–water partition coefficient (Wildman–Crippen LogP) is 0.673. The summed E-state index contributed by atoms with van der Waals surface area (Å²) < 4.78 is 4.92. The van der Waals surface area contributed by atoms with E-state index in [2.05, 4.69) is 20.3 Å². The van der Waals surface area contributed by atoms with Gasteiger partial charge in [0.15, 0.2) is 0 Å². The lowest BCUT2D eigenvalue weighted by Crippen LogP contribution is -2.32. The Balaban J connectivity index is 2.76. The Morgan fingerprint density at radius 2 is 1.94 bits per heavy atom. The normalized spacial score (nSPS) is 11.3. The van der Waals surface area contributed by atoms with Crippen molar-refractivity contribution in [3.63, 3.8) is 0 Å². The number of hydrogen-bond acceptors (Lipinski definition) is 7. The lowest BCUT2D eigenvalue weighted by molar-refractivity contribution is 0.127. The van der Waals surface area contributed by atoms with E-state index in [1.807, 2.05) is 13.8 Å². The third-order valence-electron chi connectivity index (χ3n) is 3.27. The molecule has 0 spiro atoms. The zero-order valence-corrected chi connectivity index (χ0v) is 11.1. The molecule has 0 saturated carbocycles. The topological polar surface area (TPSA) is 106 Å². The van der Waals surface area contributed by atoms with Crippen molar-refractivity contribution in [1.82, 2.24) is 15.0 Å². The summed E-state index contributed by atoms with van der Waals surface area (Å²) in [6.07, 6.45) is 1.73. The molecule has 0 amide bonds. The van der Waals surface area contributed by atoms with Crippen molar-refractivity contribution in [2.75, 3.05) is 31.3 Å². The molecule has 4 N–H and O–H groups in total. The first kappa shape index (κ1) is 14.4. The van der Waals surface area contributed by atoms with E-state index in [1.54, 1.807) is 0 Å². The van der Waals surface area contributed by atoms with E-state index < -0.39 is 0 Å². The number of nitrogen functional groups attached to an aromatic ring is 1. The van der Waals surface area contributed by atoms with E-state index in [-0.39, 0.29) is 24.0 Å². The van der Waals surface area contributed by atoms with Gasteiger partial charge in [0, 0.05) is 12.0 Å². The molecule has 0 aliphatic carbocycles. The van der Waals surface area contributed by atoms with Crippen molar-refractivity contribution in [1.29, 1.82) is 0 Å². The second-order valence-electron chi connectivity index (χ2n) is 4.22. The van der Waals surface area contributed by atoms with Gasteiger partial charge in [0.25, 0.3) is 0 Å². The van der Waals surface area contributed by atoms with Gasteiger partial charge >= 0.3 is 6.01 Å². The average molecular weight is 255 g/mol. The van der Waals surface area contributed by atoms with Gasteiger partial charge in [-0.1, -0.05) is 13.8 Å². The molecule has 1 aromatic rings. The average Bonchev–Trinajstić information content (AvgIpc) is 2.40. The first-order chi connectivity index (χ1) is 8.59. The molecule has 102 valence electrons. The van der Waals surface area contributed by atoms with Gasteiger partial charge in [-0.3, -0.25) is 0 Å². The number of nitrogens with zero attached hydrogens (tertiary/aromatic N) is 3. The first-order valence-corrected chi connectivity index (χ1v) is 5.99. The second kappa shape index (κ2) is 6.34. The standard InChI is InChI=1S/C11H21N5O2/c1-4-11(5-2,7-17)6-13-9-14-8(12)15-10(16-9)18-3/h17H,4-7H2,1-3H3,(H3,12,13,14,15,16). The molecule has 0 atom stereocenters. The number of anilines is 2. The number of hydrogen-bond donors (Lipinski definition) is 3. The highest BCUT2D eigenvalue weighted by Crippen LogP contribution is 2.25. The summed E-state index contributed by atoms with van der Waals surface area (Å²) >= 11 is 0. The zero-order valence-electron chi connectivity index (χ0n) is 11.1.